The fraction of sp³-hybridized carbons (Fsp3) is 0.692. The van der Waals surface area contributed by atoms with Crippen LogP contribution >= 0.6 is 22.6 Å². The summed E-state index contributed by atoms with van der Waals surface area (Å²) in [7, 11) is 0. The third kappa shape index (κ3) is 3.83. The van der Waals surface area contributed by atoms with Crippen LogP contribution in [-0.2, 0) is 4.74 Å². The van der Waals surface area contributed by atoms with Gasteiger partial charge in [-0.15, -0.1) is 0 Å². The van der Waals surface area contributed by atoms with E-state index >= 15 is 0 Å². The predicted molar refractivity (Wildman–Crippen MR) is 81.3 cm³/mol. The van der Waals surface area contributed by atoms with Crippen molar-refractivity contribution in [2.45, 2.75) is 45.0 Å². The summed E-state index contributed by atoms with van der Waals surface area (Å²) >= 11 is 2.14. The zero-order valence-corrected chi connectivity index (χ0v) is 14.0. The van der Waals surface area contributed by atoms with E-state index in [1.165, 1.54) is 4.90 Å². The van der Waals surface area contributed by atoms with Gasteiger partial charge in [-0.1, -0.05) is 0 Å². The second-order valence-corrected chi connectivity index (χ2v) is 7.18. The standard InChI is InChI=1S/C13H19FIN3O2/c1-13(2,3)20-12(19)17-5-4-11(10(14)8-17)18-7-9(15)6-16-18/h6-7,10-11H,4-5,8H2,1-3H3/t10-,11?/m0/s1. The van der Waals surface area contributed by atoms with Gasteiger partial charge in [-0.2, -0.15) is 5.10 Å². The third-order valence-corrected chi connectivity index (χ3v) is 3.63. The van der Waals surface area contributed by atoms with Gasteiger partial charge in [0.25, 0.3) is 0 Å². The Morgan fingerprint density at radius 2 is 2.25 bits per heavy atom. The molecule has 1 amide bonds. The average molecular weight is 395 g/mol. The van der Waals surface area contributed by atoms with Crippen LogP contribution in [0.3, 0.4) is 0 Å². The van der Waals surface area contributed by atoms with E-state index in [1.54, 1.807) is 31.6 Å². The summed E-state index contributed by atoms with van der Waals surface area (Å²) in [5, 5.41) is 4.15. The van der Waals surface area contributed by atoms with E-state index in [0.717, 1.165) is 3.57 Å². The lowest BCUT2D eigenvalue weighted by Gasteiger charge is -2.35. The molecule has 1 aliphatic heterocycles. The van der Waals surface area contributed by atoms with Crippen LogP contribution in [0.5, 0.6) is 0 Å². The predicted octanol–water partition coefficient (Wildman–Crippen LogP) is 3.01. The molecule has 0 bridgehead atoms. The number of aromatic nitrogens is 2. The quantitative estimate of drug-likeness (QED) is 0.687. The molecule has 112 valence electrons. The summed E-state index contributed by atoms with van der Waals surface area (Å²) in [5.41, 5.74) is -0.558. The zero-order chi connectivity index (χ0) is 14.9. The van der Waals surface area contributed by atoms with Crippen molar-refractivity contribution in [3.05, 3.63) is 16.0 Å². The number of alkyl halides is 1. The highest BCUT2D eigenvalue weighted by atomic mass is 127. The lowest BCUT2D eigenvalue weighted by molar-refractivity contribution is 0.00575. The van der Waals surface area contributed by atoms with Gasteiger partial charge in [-0.25, -0.2) is 9.18 Å². The van der Waals surface area contributed by atoms with Gasteiger partial charge >= 0.3 is 6.09 Å². The van der Waals surface area contributed by atoms with Gasteiger partial charge in [0.15, 0.2) is 0 Å². The lowest BCUT2D eigenvalue weighted by atomic mass is 10.0. The minimum absolute atomic E-state index is 0.0516. The number of carbonyl (C=O) groups is 1. The van der Waals surface area contributed by atoms with Crippen molar-refractivity contribution in [1.82, 2.24) is 14.7 Å². The fourth-order valence-electron chi connectivity index (χ4n) is 2.18. The molecule has 20 heavy (non-hydrogen) atoms. The van der Waals surface area contributed by atoms with Crippen LogP contribution in [0.25, 0.3) is 0 Å². The van der Waals surface area contributed by atoms with Crippen molar-refractivity contribution >= 4 is 28.7 Å². The smallest absolute Gasteiger partial charge is 0.410 e. The summed E-state index contributed by atoms with van der Waals surface area (Å²) in [6.45, 7) is 5.94. The summed E-state index contributed by atoms with van der Waals surface area (Å²) in [6, 6.07) is -0.308. The second kappa shape index (κ2) is 5.87. The van der Waals surface area contributed by atoms with Crippen LogP contribution in [-0.4, -0.2) is 45.6 Å². The first kappa shape index (κ1) is 15.5. The molecule has 1 fully saturated rings. The molecule has 2 atom stereocenters. The number of ether oxygens (including phenoxy) is 1. The maximum Gasteiger partial charge on any atom is 0.410 e. The molecule has 2 heterocycles. The number of hydrogen-bond acceptors (Lipinski definition) is 3. The number of piperidine rings is 1. The molecule has 2 rings (SSSR count). The fourth-order valence-corrected chi connectivity index (χ4v) is 2.59. The van der Waals surface area contributed by atoms with Gasteiger partial charge in [-0.3, -0.25) is 4.68 Å². The summed E-state index contributed by atoms with van der Waals surface area (Å²) in [5.74, 6) is 0. The first-order valence-corrected chi connectivity index (χ1v) is 7.66. The van der Waals surface area contributed by atoms with E-state index in [9.17, 15) is 9.18 Å². The molecular weight excluding hydrogens is 376 g/mol. The highest BCUT2D eigenvalue weighted by Gasteiger charge is 2.34. The highest BCUT2D eigenvalue weighted by Crippen LogP contribution is 2.26. The monoisotopic (exact) mass is 395 g/mol. The first-order chi connectivity index (χ1) is 9.26. The SMILES string of the molecule is CC(C)(C)OC(=O)N1CCC(n2cc(I)cn2)[C@@H](F)C1. The largest absolute Gasteiger partial charge is 0.444 e. The van der Waals surface area contributed by atoms with Crippen LogP contribution in [0, 0.1) is 3.57 Å². The molecular formula is C13H19FIN3O2. The molecule has 1 aliphatic rings. The van der Waals surface area contributed by atoms with E-state index in [2.05, 4.69) is 27.7 Å². The van der Waals surface area contributed by atoms with Crippen molar-refractivity contribution in [2.24, 2.45) is 0 Å². The number of nitrogens with zero attached hydrogens (tertiary/aromatic N) is 3. The zero-order valence-electron chi connectivity index (χ0n) is 11.8. The Balaban J connectivity index is 1.97. The van der Waals surface area contributed by atoms with Crippen LogP contribution in [0.1, 0.15) is 33.2 Å². The molecule has 0 aliphatic carbocycles. The van der Waals surface area contributed by atoms with Crippen LogP contribution in [0.2, 0.25) is 0 Å². The van der Waals surface area contributed by atoms with Crippen LogP contribution in [0.4, 0.5) is 9.18 Å². The topological polar surface area (TPSA) is 47.4 Å². The Kier molecular flexibility index (Phi) is 4.55. The molecule has 5 nitrogen and oxygen atoms in total. The van der Waals surface area contributed by atoms with E-state index in [0.29, 0.717) is 13.0 Å². The van der Waals surface area contributed by atoms with Crippen molar-refractivity contribution in [3.8, 4) is 0 Å². The first-order valence-electron chi connectivity index (χ1n) is 6.58. The van der Waals surface area contributed by atoms with Crippen LogP contribution in [0.15, 0.2) is 12.4 Å². The number of hydrogen-bond donors (Lipinski definition) is 0. The summed E-state index contributed by atoms with van der Waals surface area (Å²) < 4.78 is 22.2. The summed E-state index contributed by atoms with van der Waals surface area (Å²) in [6.07, 6.45) is 2.48. The Morgan fingerprint density at radius 3 is 2.75 bits per heavy atom. The van der Waals surface area contributed by atoms with Crippen molar-refractivity contribution in [1.29, 1.82) is 0 Å². The second-order valence-electron chi connectivity index (χ2n) is 5.94. The van der Waals surface area contributed by atoms with Gasteiger partial charge < -0.3 is 9.64 Å². The van der Waals surface area contributed by atoms with Crippen LogP contribution < -0.4 is 0 Å². The van der Waals surface area contributed by atoms with Gasteiger partial charge in [0.2, 0.25) is 0 Å². The van der Waals surface area contributed by atoms with Gasteiger partial charge in [-0.05, 0) is 49.8 Å². The van der Waals surface area contributed by atoms with Crippen molar-refractivity contribution < 1.29 is 13.9 Å². The molecule has 0 saturated carbocycles. The number of carbonyl (C=O) groups excluding carboxylic acids is 1. The minimum Gasteiger partial charge on any atom is -0.444 e. The van der Waals surface area contributed by atoms with Crippen molar-refractivity contribution in [2.75, 3.05) is 13.1 Å². The third-order valence-electron chi connectivity index (χ3n) is 3.07. The molecule has 0 radical (unpaired) electrons. The molecule has 0 aromatic carbocycles. The average Bonchev–Trinajstić information content (AvgIpc) is 2.73. The molecule has 0 N–H and O–H groups in total. The number of amides is 1. The Morgan fingerprint density at radius 1 is 1.55 bits per heavy atom. The molecule has 0 spiro atoms. The van der Waals surface area contributed by atoms with E-state index in [-0.39, 0.29) is 12.6 Å². The Labute approximate surface area is 131 Å². The van der Waals surface area contributed by atoms with E-state index < -0.39 is 17.9 Å². The Bertz CT molecular complexity index is 486. The Hall–Kier alpha value is -0.860. The summed E-state index contributed by atoms with van der Waals surface area (Å²) in [4.78, 5) is 13.4. The van der Waals surface area contributed by atoms with E-state index in [1.807, 2.05) is 6.20 Å². The molecule has 7 heteroatoms. The lowest BCUT2D eigenvalue weighted by Crippen LogP contribution is -2.47. The number of likely N-dealkylation sites (tertiary alicyclic amines) is 1. The highest BCUT2D eigenvalue weighted by molar-refractivity contribution is 14.1. The number of halogens is 2. The van der Waals surface area contributed by atoms with Gasteiger partial charge in [0, 0.05) is 12.7 Å². The minimum atomic E-state index is -1.13. The molecule has 1 unspecified atom stereocenters. The molecule has 1 saturated heterocycles. The normalized spacial score (nSPS) is 23.8. The number of rotatable bonds is 1. The maximum atomic E-state index is 14.3. The van der Waals surface area contributed by atoms with E-state index in [4.69, 9.17) is 4.74 Å². The molecule has 1 aromatic heterocycles. The molecule has 1 aromatic rings. The van der Waals surface area contributed by atoms with Gasteiger partial charge in [0.1, 0.15) is 11.8 Å². The maximum absolute atomic E-state index is 14.3. The van der Waals surface area contributed by atoms with Crippen molar-refractivity contribution in [3.63, 3.8) is 0 Å². The van der Waals surface area contributed by atoms with Gasteiger partial charge in [0.05, 0.1) is 22.4 Å².